The van der Waals surface area contributed by atoms with Gasteiger partial charge in [0, 0.05) is 6.54 Å². The van der Waals surface area contributed by atoms with Gasteiger partial charge >= 0.3 is 0 Å². The molecule has 3 N–H and O–H groups in total. The Balaban J connectivity index is 2.09. The van der Waals surface area contributed by atoms with Crippen molar-refractivity contribution in [3.8, 4) is 6.07 Å². The van der Waals surface area contributed by atoms with Crippen molar-refractivity contribution < 1.29 is 13.6 Å². The Bertz CT molecular complexity index is 738. The van der Waals surface area contributed by atoms with Crippen LogP contribution in [0.15, 0.2) is 42.5 Å². The molecule has 0 aromatic heterocycles. The number of nitrogens with zero attached hydrogens (tertiary/aromatic N) is 1. The van der Waals surface area contributed by atoms with Crippen molar-refractivity contribution in [1.29, 1.82) is 5.26 Å². The molecule has 0 heterocycles. The lowest BCUT2D eigenvalue weighted by atomic mass is 9.98. The number of carbonyl (C=O) groups excluding carboxylic acids is 1. The molecule has 0 aliphatic rings. The van der Waals surface area contributed by atoms with Gasteiger partial charge in [0.05, 0.1) is 11.6 Å². The summed E-state index contributed by atoms with van der Waals surface area (Å²) in [6.45, 7) is 0.144. The summed E-state index contributed by atoms with van der Waals surface area (Å²) in [7, 11) is 0. The number of halogens is 2. The van der Waals surface area contributed by atoms with Crippen molar-refractivity contribution in [2.24, 2.45) is 11.7 Å². The molecule has 0 radical (unpaired) electrons. The smallest absolute Gasteiger partial charge is 0.222 e. The van der Waals surface area contributed by atoms with Gasteiger partial charge in [-0.15, -0.1) is 0 Å². The Labute approximate surface area is 132 Å². The number of benzene rings is 2. The first-order valence-electron chi connectivity index (χ1n) is 6.97. The van der Waals surface area contributed by atoms with Crippen molar-refractivity contribution in [3.05, 3.63) is 65.2 Å². The third-order valence-corrected chi connectivity index (χ3v) is 3.46. The third kappa shape index (κ3) is 4.27. The molecule has 118 valence electrons. The van der Waals surface area contributed by atoms with Crippen LogP contribution in [0.3, 0.4) is 0 Å². The number of nitrogens with two attached hydrogens (primary N) is 1. The SMILES string of the molecule is N#Cc1c(F)cccc1NC[C@@H](Cc1ccc(F)cc1)C(N)=O. The highest BCUT2D eigenvalue weighted by atomic mass is 19.1. The van der Waals surface area contributed by atoms with Gasteiger partial charge in [0.15, 0.2) is 0 Å². The second kappa shape index (κ2) is 7.36. The predicted molar refractivity (Wildman–Crippen MR) is 82.4 cm³/mol. The van der Waals surface area contributed by atoms with Crippen LogP contribution < -0.4 is 11.1 Å². The zero-order chi connectivity index (χ0) is 16.8. The molecule has 0 aliphatic heterocycles. The number of rotatable bonds is 6. The van der Waals surface area contributed by atoms with Crippen molar-refractivity contribution in [3.63, 3.8) is 0 Å². The number of anilines is 1. The maximum atomic E-state index is 13.5. The summed E-state index contributed by atoms with van der Waals surface area (Å²) >= 11 is 0. The van der Waals surface area contributed by atoms with Crippen molar-refractivity contribution in [2.45, 2.75) is 6.42 Å². The summed E-state index contributed by atoms with van der Waals surface area (Å²) in [5.41, 5.74) is 6.34. The van der Waals surface area contributed by atoms with Crippen LogP contribution in [0.5, 0.6) is 0 Å². The fourth-order valence-corrected chi connectivity index (χ4v) is 2.20. The van der Waals surface area contributed by atoms with Gasteiger partial charge in [-0.3, -0.25) is 4.79 Å². The van der Waals surface area contributed by atoms with E-state index in [9.17, 15) is 13.6 Å². The van der Waals surface area contributed by atoms with E-state index in [1.807, 2.05) is 0 Å². The number of primary amides is 1. The van der Waals surface area contributed by atoms with Gasteiger partial charge in [0.1, 0.15) is 23.3 Å². The van der Waals surface area contributed by atoms with Crippen molar-refractivity contribution in [2.75, 3.05) is 11.9 Å². The lowest BCUT2D eigenvalue weighted by Crippen LogP contribution is -2.31. The Hall–Kier alpha value is -2.94. The molecule has 0 bridgehead atoms. The second-order valence-corrected chi connectivity index (χ2v) is 5.08. The van der Waals surface area contributed by atoms with E-state index in [2.05, 4.69) is 5.32 Å². The largest absolute Gasteiger partial charge is 0.383 e. The van der Waals surface area contributed by atoms with Crippen molar-refractivity contribution in [1.82, 2.24) is 0 Å². The van der Waals surface area contributed by atoms with E-state index in [1.54, 1.807) is 24.3 Å². The van der Waals surface area contributed by atoms with Gasteiger partial charge in [-0.25, -0.2) is 8.78 Å². The highest BCUT2D eigenvalue weighted by Gasteiger charge is 2.17. The molecule has 6 heteroatoms. The molecule has 0 unspecified atom stereocenters. The van der Waals surface area contributed by atoms with E-state index in [-0.39, 0.29) is 17.9 Å². The Morgan fingerprint density at radius 2 is 1.91 bits per heavy atom. The first-order valence-corrected chi connectivity index (χ1v) is 6.97. The van der Waals surface area contributed by atoms with Crippen LogP contribution in [0.2, 0.25) is 0 Å². The number of nitrogens with one attached hydrogen (secondary N) is 1. The van der Waals surface area contributed by atoms with Gasteiger partial charge in [-0.05, 0) is 36.2 Å². The summed E-state index contributed by atoms with van der Waals surface area (Å²) in [5.74, 6) is -2.10. The highest BCUT2D eigenvalue weighted by Crippen LogP contribution is 2.19. The quantitative estimate of drug-likeness (QED) is 0.860. The Morgan fingerprint density at radius 1 is 1.22 bits per heavy atom. The highest BCUT2D eigenvalue weighted by molar-refractivity contribution is 5.77. The van der Waals surface area contributed by atoms with Gasteiger partial charge < -0.3 is 11.1 Å². The minimum atomic E-state index is -0.633. The summed E-state index contributed by atoms with van der Waals surface area (Å²) in [5, 5.41) is 11.9. The van der Waals surface area contributed by atoms with Crippen LogP contribution in [-0.4, -0.2) is 12.5 Å². The molecule has 0 saturated heterocycles. The van der Waals surface area contributed by atoms with Crippen LogP contribution in [0, 0.1) is 28.9 Å². The monoisotopic (exact) mass is 315 g/mol. The van der Waals surface area contributed by atoms with Crippen LogP contribution >= 0.6 is 0 Å². The average molecular weight is 315 g/mol. The summed E-state index contributed by atoms with van der Waals surface area (Å²) < 4.78 is 26.4. The molecule has 2 rings (SSSR count). The predicted octanol–water partition coefficient (Wildman–Crippen LogP) is 2.59. The van der Waals surface area contributed by atoms with E-state index in [0.29, 0.717) is 12.1 Å². The molecule has 0 aliphatic carbocycles. The maximum absolute atomic E-state index is 13.5. The average Bonchev–Trinajstić information content (AvgIpc) is 2.53. The summed E-state index contributed by atoms with van der Waals surface area (Å²) in [4.78, 5) is 11.6. The molecule has 4 nitrogen and oxygen atoms in total. The lowest BCUT2D eigenvalue weighted by Gasteiger charge is -2.16. The zero-order valence-corrected chi connectivity index (χ0v) is 12.2. The van der Waals surface area contributed by atoms with Gasteiger partial charge in [0.2, 0.25) is 5.91 Å². The topological polar surface area (TPSA) is 78.9 Å². The molecular formula is C17H15F2N3O. The van der Waals surface area contributed by atoms with Crippen LogP contribution in [0.1, 0.15) is 11.1 Å². The molecule has 0 saturated carbocycles. The molecule has 23 heavy (non-hydrogen) atoms. The van der Waals surface area contributed by atoms with E-state index >= 15 is 0 Å². The van der Waals surface area contributed by atoms with Gasteiger partial charge in [-0.1, -0.05) is 18.2 Å². The fourth-order valence-electron chi connectivity index (χ4n) is 2.20. The normalized spacial score (nSPS) is 11.5. The zero-order valence-electron chi connectivity index (χ0n) is 12.2. The van der Waals surface area contributed by atoms with E-state index < -0.39 is 17.6 Å². The lowest BCUT2D eigenvalue weighted by molar-refractivity contribution is -0.121. The number of carbonyl (C=O) groups is 1. The Kier molecular flexibility index (Phi) is 5.26. The fraction of sp³-hybridized carbons (Fsp3) is 0.176. The van der Waals surface area contributed by atoms with Gasteiger partial charge in [0.25, 0.3) is 0 Å². The number of nitriles is 1. The second-order valence-electron chi connectivity index (χ2n) is 5.08. The molecule has 1 amide bonds. The number of hydrogen-bond acceptors (Lipinski definition) is 3. The molecule has 1 atom stereocenters. The van der Waals surface area contributed by atoms with E-state index in [1.165, 1.54) is 24.3 Å². The third-order valence-electron chi connectivity index (χ3n) is 3.46. The molecule has 0 fully saturated rings. The standard InChI is InChI=1S/C17H15F2N3O/c18-13-6-4-11(5-7-13)8-12(17(21)23)10-22-16-3-1-2-15(19)14(16)9-20/h1-7,12,22H,8,10H2,(H2,21,23)/t12-/m1/s1. The van der Waals surface area contributed by atoms with Gasteiger partial charge in [-0.2, -0.15) is 5.26 Å². The van der Waals surface area contributed by atoms with Crippen LogP contribution in [0.25, 0.3) is 0 Å². The van der Waals surface area contributed by atoms with E-state index in [0.717, 1.165) is 5.56 Å². The van der Waals surface area contributed by atoms with Crippen LogP contribution in [0.4, 0.5) is 14.5 Å². The van der Waals surface area contributed by atoms with E-state index in [4.69, 9.17) is 11.0 Å². The Morgan fingerprint density at radius 3 is 2.52 bits per heavy atom. The molecular weight excluding hydrogens is 300 g/mol. The molecule has 2 aromatic carbocycles. The minimum Gasteiger partial charge on any atom is -0.383 e. The van der Waals surface area contributed by atoms with Crippen molar-refractivity contribution >= 4 is 11.6 Å². The first-order chi connectivity index (χ1) is 11.0. The first kappa shape index (κ1) is 16.4. The molecule has 2 aromatic rings. The molecule has 0 spiro atoms. The summed E-state index contributed by atoms with van der Waals surface area (Å²) in [6, 6.07) is 11.8. The number of hydrogen-bond donors (Lipinski definition) is 2. The minimum absolute atomic E-state index is 0.113. The van der Waals surface area contributed by atoms with Crippen LogP contribution in [-0.2, 0) is 11.2 Å². The number of amides is 1. The summed E-state index contributed by atoms with van der Waals surface area (Å²) in [6.07, 6.45) is 0.319. The maximum Gasteiger partial charge on any atom is 0.222 e.